The number of hydrogen-bond donors (Lipinski definition) is 3. The number of aromatic nitrogens is 1. The summed E-state index contributed by atoms with van der Waals surface area (Å²) in [4.78, 5) is 37.0. The van der Waals surface area contributed by atoms with Crippen molar-refractivity contribution in [2.24, 2.45) is 5.92 Å². The zero-order valence-corrected chi connectivity index (χ0v) is 12.0. The smallest absolute Gasteiger partial charge is 0.303 e. The lowest BCUT2D eigenvalue weighted by molar-refractivity contribution is -0.137. The highest BCUT2D eigenvalue weighted by molar-refractivity contribution is 5.94. The van der Waals surface area contributed by atoms with Crippen LogP contribution in [-0.2, 0) is 4.79 Å². The first kappa shape index (κ1) is 15.6. The molecule has 0 spiro atoms. The van der Waals surface area contributed by atoms with E-state index in [1.807, 2.05) is 0 Å². The van der Waals surface area contributed by atoms with E-state index in [4.69, 9.17) is 9.52 Å². The molecule has 2 heterocycles. The van der Waals surface area contributed by atoms with Crippen LogP contribution < -0.4 is 10.9 Å². The van der Waals surface area contributed by atoms with Gasteiger partial charge in [-0.2, -0.15) is 0 Å². The monoisotopic (exact) mass is 304 g/mol. The summed E-state index contributed by atoms with van der Waals surface area (Å²) in [5, 5.41) is 11.2. The van der Waals surface area contributed by atoms with Crippen LogP contribution in [0.15, 0.2) is 39.7 Å². The molecule has 0 aliphatic carbocycles. The lowest BCUT2D eigenvalue weighted by Gasteiger charge is -2.10. The molecule has 0 radical (unpaired) electrons. The van der Waals surface area contributed by atoms with Gasteiger partial charge in [0.15, 0.2) is 0 Å². The Balaban J connectivity index is 2.05. The van der Waals surface area contributed by atoms with Gasteiger partial charge in [0, 0.05) is 13.0 Å². The molecule has 1 unspecified atom stereocenters. The van der Waals surface area contributed by atoms with Crippen molar-refractivity contribution < 1.29 is 19.1 Å². The van der Waals surface area contributed by atoms with Gasteiger partial charge in [-0.3, -0.25) is 14.4 Å². The van der Waals surface area contributed by atoms with E-state index in [1.165, 1.54) is 12.3 Å². The number of aliphatic carboxylic acids is 1. The van der Waals surface area contributed by atoms with Gasteiger partial charge in [0.05, 0.1) is 12.0 Å². The number of rotatable bonds is 6. The van der Waals surface area contributed by atoms with Crippen LogP contribution in [0, 0.1) is 5.92 Å². The third-order valence-electron chi connectivity index (χ3n) is 3.07. The number of carbonyl (C=O) groups is 2. The summed E-state index contributed by atoms with van der Waals surface area (Å²) in [7, 11) is 0. The zero-order valence-electron chi connectivity index (χ0n) is 12.0. The second kappa shape index (κ2) is 6.75. The summed E-state index contributed by atoms with van der Waals surface area (Å²) in [6.07, 6.45) is 1.44. The highest BCUT2D eigenvalue weighted by atomic mass is 16.4. The van der Waals surface area contributed by atoms with Crippen molar-refractivity contribution >= 4 is 11.9 Å². The van der Waals surface area contributed by atoms with Crippen molar-refractivity contribution in [1.29, 1.82) is 0 Å². The minimum absolute atomic E-state index is 0.0298. The van der Waals surface area contributed by atoms with Crippen LogP contribution in [0.1, 0.15) is 23.7 Å². The van der Waals surface area contributed by atoms with E-state index < -0.39 is 17.4 Å². The Labute approximate surface area is 126 Å². The van der Waals surface area contributed by atoms with Crippen LogP contribution in [-0.4, -0.2) is 28.5 Å². The van der Waals surface area contributed by atoms with Gasteiger partial charge in [-0.25, -0.2) is 0 Å². The number of carboxylic acid groups (broad SMARTS) is 1. The summed E-state index contributed by atoms with van der Waals surface area (Å²) in [5.41, 5.74) is -0.0825. The van der Waals surface area contributed by atoms with Gasteiger partial charge in [0.1, 0.15) is 11.3 Å². The lowest BCUT2D eigenvalue weighted by Crippen LogP contribution is -2.33. The van der Waals surface area contributed by atoms with E-state index >= 15 is 0 Å². The molecule has 22 heavy (non-hydrogen) atoms. The quantitative estimate of drug-likeness (QED) is 0.748. The molecular formula is C15H16N2O5. The molecule has 1 atom stereocenters. The summed E-state index contributed by atoms with van der Waals surface area (Å²) in [6, 6.07) is 6.38. The Kier molecular flexibility index (Phi) is 4.77. The van der Waals surface area contributed by atoms with E-state index in [0.29, 0.717) is 11.5 Å². The van der Waals surface area contributed by atoms with Gasteiger partial charge in [0.25, 0.3) is 11.5 Å². The van der Waals surface area contributed by atoms with E-state index in [1.54, 1.807) is 25.1 Å². The molecule has 0 bridgehead atoms. The predicted octanol–water partition coefficient (Wildman–Crippen LogP) is 1.48. The average molecular weight is 304 g/mol. The standard InChI is InChI=1S/C15H16N2O5/c1-9(7-13(18)19)8-16-14(20)10-4-5-11(17-15(10)21)12-3-2-6-22-12/h2-6,9H,7-8H2,1H3,(H,16,20)(H,17,21)(H,18,19). The molecule has 3 N–H and O–H groups in total. The van der Waals surface area contributed by atoms with Crippen molar-refractivity contribution in [2.45, 2.75) is 13.3 Å². The van der Waals surface area contributed by atoms with Crippen LogP contribution in [0.5, 0.6) is 0 Å². The van der Waals surface area contributed by atoms with Crippen molar-refractivity contribution in [2.75, 3.05) is 6.54 Å². The first-order valence-electron chi connectivity index (χ1n) is 6.74. The first-order valence-corrected chi connectivity index (χ1v) is 6.74. The van der Waals surface area contributed by atoms with Gasteiger partial charge < -0.3 is 19.8 Å². The lowest BCUT2D eigenvalue weighted by atomic mass is 10.1. The third-order valence-corrected chi connectivity index (χ3v) is 3.07. The summed E-state index contributed by atoms with van der Waals surface area (Å²) in [5.74, 6) is -1.19. The fourth-order valence-corrected chi connectivity index (χ4v) is 1.96. The summed E-state index contributed by atoms with van der Waals surface area (Å²) < 4.78 is 5.16. The maximum atomic E-state index is 12.0. The topological polar surface area (TPSA) is 112 Å². The number of carbonyl (C=O) groups excluding carboxylic acids is 1. The number of nitrogens with one attached hydrogen (secondary N) is 2. The fraction of sp³-hybridized carbons (Fsp3) is 0.267. The molecule has 0 aromatic carbocycles. The van der Waals surface area contributed by atoms with Crippen LogP contribution in [0.3, 0.4) is 0 Å². The highest BCUT2D eigenvalue weighted by Gasteiger charge is 2.14. The number of amides is 1. The minimum atomic E-state index is -0.928. The molecule has 7 heteroatoms. The van der Waals surface area contributed by atoms with E-state index in [2.05, 4.69) is 10.3 Å². The Morgan fingerprint density at radius 3 is 2.73 bits per heavy atom. The molecule has 7 nitrogen and oxygen atoms in total. The molecule has 0 fully saturated rings. The van der Waals surface area contributed by atoms with Gasteiger partial charge >= 0.3 is 5.97 Å². The largest absolute Gasteiger partial charge is 0.481 e. The zero-order chi connectivity index (χ0) is 16.1. The molecular weight excluding hydrogens is 288 g/mol. The number of aromatic amines is 1. The number of furan rings is 1. The average Bonchev–Trinajstić information content (AvgIpc) is 2.98. The molecule has 0 saturated heterocycles. The maximum absolute atomic E-state index is 12.0. The minimum Gasteiger partial charge on any atom is -0.481 e. The second-order valence-electron chi connectivity index (χ2n) is 5.01. The first-order chi connectivity index (χ1) is 10.5. The van der Waals surface area contributed by atoms with Gasteiger partial charge in [-0.15, -0.1) is 0 Å². The van der Waals surface area contributed by atoms with E-state index in [9.17, 15) is 14.4 Å². The Hall–Kier alpha value is -2.83. The molecule has 1 amide bonds. The van der Waals surface area contributed by atoms with Crippen LogP contribution in [0.2, 0.25) is 0 Å². The Morgan fingerprint density at radius 2 is 2.14 bits per heavy atom. The van der Waals surface area contributed by atoms with Crippen LogP contribution in [0.4, 0.5) is 0 Å². The van der Waals surface area contributed by atoms with Crippen molar-refractivity contribution in [3.05, 3.63) is 46.4 Å². The van der Waals surface area contributed by atoms with Crippen molar-refractivity contribution in [3.63, 3.8) is 0 Å². The SMILES string of the molecule is CC(CNC(=O)c1ccc(-c2ccco2)[nH]c1=O)CC(=O)O. The number of carboxylic acids is 1. The predicted molar refractivity (Wildman–Crippen MR) is 78.5 cm³/mol. The molecule has 116 valence electrons. The summed E-state index contributed by atoms with van der Waals surface area (Å²) >= 11 is 0. The van der Waals surface area contributed by atoms with Gasteiger partial charge in [-0.1, -0.05) is 6.92 Å². The van der Waals surface area contributed by atoms with Gasteiger partial charge in [-0.05, 0) is 30.2 Å². The van der Waals surface area contributed by atoms with Crippen molar-refractivity contribution in [3.8, 4) is 11.5 Å². The maximum Gasteiger partial charge on any atom is 0.303 e. The third kappa shape index (κ3) is 3.85. The van der Waals surface area contributed by atoms with Gasteiger partial charge in [0.2, 0.25) is 0 Å². The molecule has 2 aromatic heterocycles. The van der Waals surface area contributed by atoms with E-state index in [0.717, 1.165) is 0 Å². The highest BCUT2D eigenvalue weighted by Crippen LogP contribution is 2.15. The number of H-pyrrole nitrogens is 1. The van der Waals surface area contributed by atoms with Crippen LogP contribution in [0.25, 0.3) is 11.5 Å². The van der Waals surface area contributed by atoms with Crippen molar-refractivity contribution in [1.82, 2.24) is 10.3 Å². The van der Waals surface area contributed by atoms with E-state index in [-0.39, 0.29) is 24.4 Å². The normalized spacial score (nSPS) is 11.9. The molecule has 0 aliphatic heterocycles. The number of pyridine rings is 1. The Bertz CT molecular complexity index is 718. The molecule has 2 rings (SSSR count). The molecule has 2 aromatic rings. The van der Waals surface area contributed by atoms with Crippen LogP contribution >= 0.6 is 0 Å². The summed E-state index contributed by atoms with van der Waals surface area (Å²) in [6.45, 7) is 1.89. The molecule has 0 aliphatic rings. The second-order valence-corrected chi connectivity index (χ2v) is 5.01. The number of hydrogen-bond acceptors (Lipinski definition) is 4. The Morgan fingerprint density at radius 1 is 1.36 bits per heavy atom. The fourth-order valence-electron chi connectivity index (χ4n) is 1.96. The molecule has 0 saturated carbocycles.